The summed E-state index contributed by atoms with van der Waals surface area (Å²) in [4.78, 5) is 12.2. The molecule has 0 spiro atoms. The molecule has 0 heterocycles. The maximum absolute atomic E-state index is 12.0. The average Bonchev–Trinajstić information content (AvgIpc) is 2.56. The Morgan fingerprint density at radius 3 is 2.38 bits per heavy atom. The molecule has 0 radical (unpaired) electrons. The number of aryl methyl sites for hydroxylation is 2. The van der Waals surface area contributed by atoms with Crippen molar-refractivity contribution in [1.29, 1.82) is 0 Å². The minimum Gasteiger partial charge on any atom is -0.326 e. The summed E-state index contributed by atoms with van der Waals surface area (Å²) in [5, 5.41) is 3.48. The third-order valence-corrected chi connectivity index (χ3v) is 5.27. The van der Waals surface area contributed by atoms with E-state index in [4.69, 9.17) is 11.6 Å². The lowest BCUT2D eigenvalue weighted by Gasteiger charge is -2.09. The van der Waals surface area contributed by atoms with E-state index in [1.807, 2.05) is 6.92 Å². The van der Waals surface area contributed by atoms with Crippen molar-refractivity contribution in [2.75, 3.05) is 12.4 Å². The van der Waals surface area contributed by atoms with E-state index in [9.17, 15) is 13.2 Å². The minimum absolute atomic E-state index is 0.104. The number of nitrogens with one attached hydrogen (secondary N) is 2. The molecule has 2 aromatic carbocycles. The summed E-state index contributed by atoms with van der Waals surface area (Å²) in [7, 11) is -2.07. The summed E-state index contributed by atoms with van der Waals surface area (Å²) in [6, 6.07) is 11.8. The molecular weight excluding hydrogens is 348 g/mol. The first-order valence-corrected chi connectivity index (χ1v) is 9.26. The van der Waals surface area contributed by atoms with Gasteiger partial charge in [-0.2, -0.15) is 0 Å². The van der Waals surface area contributed by atoms with Crippen LogP contribution in [0.25, 0.3) is 0 Å². The molecule has 0 unspecified atom stereocenters. The van der Waals surface area contributed by atoms with Gasteiger partial charge in [-0.1, -0.05) is 23.7 Å². The molecule has 7 heteroatoms. The number of benzene rings is 2. The highest BCUT2D eigenvalue weighted by Gasteiger charge is 2.11. The average molecular weight is 367 g/mol. The Labute approximate surface area is 147 Å². The summed E-state index contributed by atoms with van der Waals surface area (Å²) >= 11 is 5.89. The standard InChI is InChI=1S/C17H19ClN2O3S/c1-12-11-14(18)6-9-16(12)20-17(21)10-5-13-3-7-15(8-4-13)24(22,23)19-2/h3-4,6-9,11,19H,5,10H2,1-2H3,(H,20,21). The lowest BCUT2D eigenvalue weighted by molar-refractivity contribution is -0.116. The fourth-order valence-corrected chi connectivity index (χ4v) is 3.15. The van der Waals surface area contributed by atoms with Crippen molar-refractivity contribution >= 4 is 33.2 Å². The third-order valence-electron chi connectivity index (χ3n) is 3.61. The normalized spacial score (nSPS) is 11.3. The molecule has 5 nitrogen and oxygen atoms in total. The maximum atomic E-state index is 12.0. The molecule has 0 aliphatic heterocycles. The molecule has 0 atom stereocenters. The van der Waals surface area contributed by atoms with Crippen LogP contribution in [0.3, 0.4) is 0 Å². The Balaban J connectivity index is 1.94. The van der Waals surface area contributed by atoms with Gasteiger partial charge in [0.2, 0.25) is 15.9 Å². The molecule has 1 amide bonds. The van der Waals surface area contributed by atoms with Gasteiger partial charge >= 0.3 is 0 Å². The molecule has 0 aliphatic carbocycles. The molecule has 2 N–H and O–H groups in total. The number of rotatable bonds is 6. The van der Waals surface area contributed by atoms with Gasteiger partial charge in [0.05, 0.1) is 4.90 Å². The maximum Gasteiger partial charge on any atom is 0.240 e. The van der Waals surface area contributed by atoms with Crippen LogP contribution in [0.1, 0.15) is 17.5 Å². The van der Waals surface area contributed by atoms with Crippen LogP contribution in [-0.4, -0.2) is 21.4 Å². The van der Waals surface area contributed by atoms with Gasteiger partial charge in [0.25, 0.3) is 0 Å². The van der Waals surface area contributed by atoms with Crippen LogP contribution in [-0.2, 0) is 21.2 Å². The van der Waals surface area contributed by atoms with E-state index in [0.29, 0.717) is 17.9 Å². The molecule has 2 rings (SSSR count). The predicted molar refractivity (Wildman–Crippen MR) is 95.8 cm³/mol. The largest absolute Gasteiger partial charge is 0.326 e. The molecule has 0 fully saturated rings. The first-order chi connectivity index (χ1) is 11.3. The van der Waals surface area contributed by atoms with Gasteiger partial charge in [-0.25, -0.2) is 13.1 Å². The fraction of sp³-hybridized carbons (Fsp3) is 0.235. The number of amides is 1. The molecule has 2 aromatic rings. The van der Waals surface area contributed by atoms with Crippen molar-refractivity contribution in [1.82, 2.24) is 4.72 Å². The number of hydrogen-bond donors (Lipinski definition) is 2. The first kappa shape index (κ1) is 18.4. The minimum atomic E-state index is -3.44. The van der Waals surface area contributed by atoms with Crippen LogP contribution in [0, 0.1) is 6.92 Å². The van der Waals surface area contributed by atoms with Gasteiger partial charge in [-0.3, -0.25) is 4.79 Å². The van der Waals surface area contributed by atoms with Crippen molar-refractivity contribution in [3.05, 3.63) is 58.6 Å². The van der Waals surface area contributed by atoms with Crippen LogP contribution in [0.15, 0.2) is 47.4 Å². The van der Waals surface area contributed by atoms with Crippen molar-refractivity contribution in [2.45, 2.75) is 24.7 Å². The van der Waals surface area contributed by atoms with Crippen LogP contribution in [0.5, 0.6) is 0 Å². The Morgan fingerprint density at radius 1 is 1.12 bits per heavy atom. The molecule has 0 bridgehead atoms. The van der Waals surface area contributed by atoms with E-state index in [0.717, 1.165) is 16.8 Å². The molecule has 0 aliphatic rings. The highest BCUT2D eigenvalue weighted by Crippen LogP contribution is 2.20. The van der Waals surface area contributed by atoms with E-state index in [1.54, 1.807) is 30.3 Å². The Morgan fingerprint density at radius 2 is 1.79 bits per heavy atom. The van der Waals surface area contributed by atoms with Gasteiger partial charge in [-0.15, -0.1) is 0 Å². The van der Waals surface area contributed by atoms with Gasteiger partial charge in [0.1, 0.15) is 0 Å². The molecule has 0 saturated heterocycles. The number of sulfonamides is 1. The molecule has 24 heavy (non-hydrogen) atoms. The monoisotopic (exact) mass is 366 g/mol. The van der Waals surface area contributed by atoms with E-state index in [-0.39, 0.29) is 10.8 Å². The molecule has 0 aromatic heterocycles. The summed E-state index contributed by atoms with van der Waals surface area (Å²) in [5.41, 5.74) is 2.53. The summed E-state index contributed by atoms with van der Waals surface area (Å²) < 4.78 is 25.6. The Bertz CT molecular complexity index is 833. The van der Waals surface area contributed by atoms with E-state index in [2.05, 4.69) is 10.0 Å². The molecule has 0 saturated carbocycles. The second-order valence-corrected chi connectivity index (χ2v) is 7.68. The van der Waals surface area contributed by atoms with Crippen LogP contribution >= 0.6 is 11.6 Å². The molecular formula is C17H19ClN2O3S. The summed E-state index contributed by atoms with van der Waals surface area (Å²) in [6.45, 7) is 1.88. The zero-order valence-corrected chi connectivity index (χ0v) is 15.0. The Kier molecular flexibility index (Phi) is 5.99. The van der Waals surface area contributed by atoms with Crippen LogP contribution in [0.2, 0.25) is 5.02 Å². The number of carbonyl (C=O) groups is 1. The number of anilines is 1. The van der Waals surface area contributed by atoms with E-state index in [1.165, 1.54) is 19.2 Å². The summed E-state index contributed by atoms with van der Waals surface area (Å²) in [6.07, 6.45) is 0.832. The zero-order valence-electron chi connectivity index (χ0n) is 13.5. The lowest BCUT2D eigenvalue weighted by Crippen LogP contribution is -2.18. The topological polar surface area (TPSA) is 75.3 Å². The van der Waals surface area contributed by atoms with E-state index >= 15 is 0 Å². The van der Waals surface area contributed by atoms with Gasteiger partial charge < -0.3 is 5.32 Å². The van der Waals surface area contributed by atoms with Crippen molar-refractivity contribution in [2.24, 2.45) is 0 Å². The van der Waals surface area contributed by atoms with Crippen LogP contribution < -0.4 is 10.0 Å². The summed E-state index contributed by atoms with van der Waals surface area (Å²) in [5.74, 6) is -0.104. The highest BCUT2D eigenvalue weighted by molar-refractivity contribution is 7.89. The number of hydrogen-bond acceptors (Lipinski definition) is 3. The quantitative estimate of drug-likeness (QED) is 0.824. The van der Waals surface area contributed by atoms with Crippen molar-refractivity contribution in [3.8, 4) is 0 Å². The molecule has 128 valence electrons. The lowest BCUT2D eigenvalue weighted by atomic mass is 10.1. The SMILES string of the molecule is CNS(=O)(=O)c1ccc(CCC(=O)Nc2ccc(Cl)cc2C)cc1. The van der Waals surface area contributed by atoms with Crippen molar-refractivity contribution in [3.63, 3.8) is 0 Å². The first-order valence-electron chi connectivity index (χ1n) is 7.40. The highest BCUT2D eigenvalue weighted by atomic mass is 35.5. The second-order valence-electron chi connectivity index (χ2n) is 5.36. The third kappa shape index (κ3) is 4.80. The van der Waals surface area contributed by atoms with E-state index < -0.39 is 10.0 Å². The predicted octanol–water partition coefficient (Wildman–Crippen LogP) is 3.13. The Hall–Kier alpha value is -1.89. The van der Waals surface area contributed by atoms with Gasteiger partial charge in [0, 0.05) is 17.1 Å². The zero-order chi connectivity index (χ0) is 17.7. The van der Waals surface area contributed by atoms with Crippen molar-refractivity contribution < 1.29 is 13.2 Å². The number of carbonyl (C=O) groups excluding carboxylic acids is 1. The van der Waals surface area contributed by atoms with Gasteiger partial charge in [-0.05, 0) is 61.9 Å². The second kappa shape index (κ2) is 7.79. The number of halogens is 1. The van der Waals surface area contributed by atoms with Gasteiger partial charge in [0.15, 0.2) is 0 Å². The fourth-order valence-electron chi connectivity index (χ4n) is 2.19. The van der Waals surface area contributed by atoms with Crippen LogP contribution in [0.4, 0.5) is 5.69 Å². The smallest absolute Gasteiger partial charge is 0.240 e.